The number of aliphatic hydroxyl groups excluding tert-OH is 1. The number of ether oxygens (including phenoxy) is 3. The number of Topliss-reactive ketones (excluding diaryl/α,β-unsaturated/α-hetero) is 1. The van der Waals surface area contributed by atoms with Gasteiger partial charge in [-0.25, -0.2) is 0 Å². The van der Waals surface area contributed by atoms with E-state index in [9.17, 15) is 14.7 Å². The van der Waals surface area contributed by atoms with E-state index in [4.69, 9.17) is 14.2 Å². The van der Waals surface area contributed by atoms with Crippen molar-refractivity contribution in [3.05, 3.63) is 95.1 Å². The molecule has 0 radical (unpaired) electrons. The van der Waals surface area contributed by atoms with Gasteiger partial charge in [0.25, 0.3) is 11.7 Å². The smallest absolute Gasteiger partial charge is 0.295 e. The number of aryl methyl sites for hydroxylation is 1. The number of methoxy groups -OCH3 is 2. The van der Waals surface area contributed by atoms with Crippen LogP contribution in [0.3, 0.4) is 0 Å². The molecule has 3 aromatic rings. The Kier molecular flexibility index (Phi) is 7.71. The minimum absolute atomic E-state index is 0.0440. The van der Waals surface area contributed by atoms with Gasteiger partial charge >= 0.3 is 0 Å². The van der Waals surface area contributed by atoms with Gasteiger partial charge in [-0.05, 0) is 66.9 Å². The van der Waals surface area contributed by atoms with Crippen molar-refractivity contribution >= 4 is 17.4 Å². The van der Waals surface area contributed by atoms with E-state index >= 15 is 0 Å². The molecule has 1 fully saturated rings. The first kappa shape index (κ1) is 25.0. The van der Waals surface area contributed by atoms with Gasteiger partial charge in [0.15, 0.2) is 0 Å². The third-order valence-electron chi connectivity index (χ3n) is 6.13. The van der Waals surface area contributed by atoms with Crippen LogP contribution in [0.5, 0.6) is 17.2 Å². The number of amides is 1. The number of aliphatic hydroxyl groups is 1. The summed E-state index contributed by atoms with van der Waals surface area (Å²) in [7, 11) is 3.15. The molecule has 4 rings (SSSR count). The molecule has 0 saturated carbocycles. The summed E-state index contributed by atoms with van der Waals surface area (Å²) in [5, 5.41) is 11.4. The molecular formula is C29H29NO6. The van der Waals surface area contributed by atoms with E-state index < -0.39 is 17.7 Å². The highest BCUT2D eigenvalue weighted by molar-refractivity contribution is 6.46. The number of hydrogen-bond acceptors (Lipinski definition) is 6. The van der Waals surface area contributed by atoms with E-state index in [1.165, 1.54) is 4.90 Å². The van der Waals surface area contributed by atoms with Gasteiger partial charge in [-0.1, -0.05) is 30.3 Å². The van der Waals surface area contributed by atoms with Gasteiger partial charge in [-0.2, -0.15) is 0 Å². The van der Waals surface area contributed by atoms with E-state index in [0.29, 0.717) is 47.9 Å². The van der Waals surface area contributed by atoms with Crippen molar-refractivity contribution in [3.63, 3.8) is 0 Å². The summed E-state index contributed by atoms with van der Waals surface area (Å²) in [6.45, 7) is 2.55. The number of likely N-dealkylation sites (tertiary alicyclic amines) is 1. The minimum Gasteiger partial charge on any atom is -0.507 e. The predicted octanol–water partition coefficient (Wildman–Crippen LogP) is 5.25. The molecule has 1 saturated heterocycles. The number of rotatable bonds is 9. The lowest BCUT2D eigenvalue weighted by molar-refractivity contribution is -0.140. The van der Waals surface area contributed by atoms with E-state index in [0.717, 1.165) is 5.56 Å². The Hall–Kier alpha value is -4.10. The zero-order valence-corrected chi connectivity index (χ0v) is 20.6. The zero-order valence-electron chi connectivity index (χ0n) is 20.6. The summed E-state index contributed by atoms with van der Waals surface area (Å²) in [6, 6.07) is 21.0. The topological polar surface area (TPSA) is 85.3 Å². The van der Waals surface area contributed by atoms with Gasteiger partial charge in [-0.3, -0.25) is 9.59 Å². The molecule has 0 aromatic heterocycles. The maximum absolute atomic E-state index is 13.3. The molecule has 3 aromatic carbocycles. The lowest BCUT2D eigenvalue weighted by Gasteiger charge is -2.25. The highest BCUT2D eigenvalue weighted by Crippen LogP contribution is 2.41. The maximum atomic E-state index is 13.3. The second-order valence-electron chi connectivity index (χ2n) is 8.51. The van der Waals surface area contributed by atoms with Crippen LogP contribution in [0.4, 0.5) is 0 Å². The van der Waals surface area contributed by atoms with Crippen LogP contribution < -0.4 is 9.47 Å². The van der Waals surface area contributed by atoms with Gasteiger partial charge in [0.2, 0.25) is 0 Å². The molecule has 186 valence electrons. The highest BCUT2D eigenvalue weighted by Gasteiger charge is 2.46. The molecule has 36 heavy (non-hydrogen) atoms. The van der Waals surface area contributed by atoms with Crippen molar-refractivity contribution in [1.29, 1.82) is 0 Å². The lowest BCUT2D eigenvalue weighted by atomic mass is 9.93. The summed E-state index contributed by atoms with van der Waals surface area (Å²) in [6.07, 6.45) is 0.543. The fraction of sp³-hybridized carbons (Fsp3) is 0.241. The first-order chi connectivity index (χ1) is 17.4. The van der Waals surface area contributed by atoms with Crippen LogP contribution in [0, 0.1) is 6.92 Å². The molecule has 1 amide bonds. The van der Waals surface area contributed by atoms with Crippen molar-refractivity contribution in [1.82, 2.24) is 4.90 Å². The Bertz CT molecular complexity index is 1280. The highest BCUT2D eigenvalue weighted by atomic mass is 16.5. The third kappa shape index (κ3) is 5.11. The van der Waals surface area contributed by atoms with Gasteiger partial charge in [0, 0.05) is 25.8 Å². The lowest BCUT2D eigenvalue weighted by Crippen LogP contribution is -2.31. The molecule has 0 unspecified atom stereocenters. The Balaban J connectivity index is 1.80. The normalized spacial score (nSPS) is 16.9. The standard InChI is InChI=1S/C29H29NO6/c1-19-17-22(35-3)13-14-24(19)27(31)25-26(30(15-8-16-34-2)29(33)28(25)32)20-9-7-12-23(18-20)36-21-10-5-4-6-11-21/h4-7,9-14,17-18,26,31H,8,15-16H2,1-3H3/b27-25+/t26-/m1/s1. The molecule has 7 nitrogen and oxygen atoms in total. The molecule has 1 atom stereocenters. The molecule has 0 spiro atoms. The van der Waals surface area contributed by atoms with E-state index in [-0.39, 0.29) is 11.3 Å². The van der Waals surface area contributed by atoms with E-state index in [2.05, 4.69) is 0 Å². The Morgan fingerprint density at radius 3 is 2.36 bits per heavy atom. The Labute approximate surface area is 210 Å². The molecule has 0 bridgehead atoms. The number of carbonyl (C=O) groups excluding carboxylic acids is 2. The van der Waals surface area contributed by atoms with Gasteiger partial charge in [-0.15, -0.1) is 0 Å². The molecule has 1 aliphatic rings. The van der Waals surface area contributed by atoms with Crippen LogP contribution in [0.15, 0.2) is 78.4 Å². The molecule has 0 aliphatic carbocycles. The maximum Gasteiger partial charge on any atom is 0.295 e. The molecule has 1 aliphatic heterocycles. The first-order valence-corrected chi connectivity index (χ1v) is 11.7. The largest absolute Gasteiger partial charge is 0.507 e. The van der Waals surface area contributed by atoms with E-state index in [1.54, 1.807) is 44.6 Å². The van der Waals surface area contributed by atoms with Crippen LogP contribution >= 0.6 is 0 Å². The molecule has 1 heterocycles. The number of ketones is 1. The van der Waals surface area contributed by atoms with Gasteiger partial charge < -0.3 is 24.2 Å². The van der Waals surface area contributed by atoms with Crippen molar-refractivity contribution in [2.75, 3.05) is 27.4 Å². The molecular weight excluding hydrogens is 458 g/mol. The Morgan fingerprint density at radius 1 is 0.917 bits per heavy atom. The van der Waals surface area contributed by atoms with Gasteiger partial charge in [0.05, 0.1) is 18.7 Å². The van der Waals surface area contributed by atoms with Crippen LogP contribution in [0.1, 0.15) is 29.2 Å². The van der Waals surface area contributed by atoms with Crippen LogP contribution in [0.25, 0.3) is 5.76 Å². The number of hydrogen-bond donors (Lipinski definition) is 1. The second-order valence-corrected chi connectivity index (χ2v) is 8.51. The number of benzene rings is 3. The Morgan fingerprint density at radius 2 is 1.67 bits per heavy atom. The molecule has 1 N–H and O–H groups in total. The number of carbonyl (C=O) groups is 2. The summed E-state index contributed by atoms with van der Waals surface area (Å²) in [5.74, 6) is 0.255. The monoisotopic (exact) mass is 487 g/mol. The zero-order chi connectivity index (χ0) is 25.7. The fourth-order valence-corrected chi connectivity index (χ4v) is 4.38. The number of nitrogens with zero attached hydrogens (tertiary/aromatic N) is 1. The van der Waals surface area contributed by atoms with Crippen molar-refractivity contribution < 1.29 is 28.9 Å². The summed E-state index contributed by atoms with van der Waals surface area (Å²) in [4.78, 5) is 27.9. The molecule has 7 heteroatoms. The summed E-state index contributed by atoms with van der Waals surface area (Å²) < 4.78 is 16.4. The van der Waals surface area contributed by atoms with E-state index in [1.807, 2.05) is 49.4 Å². The van der Waals surface area contributed by atoms with Crippen molar-refractivity contribution in [2.24, 2.45) is 0 Å². The van der Waals surface area contributed by atoms with Crippen molar-refractivity contribution in [3.8, 4) is 17.2 Å². The minimum atomic E-state index is -0.775. The average molecular weight is 488 g/mol. The number of para-hydroxylation sites is 1. The fourth-order valence-electron chi connectivity index (χ4n) is 4.38. The SMILES string of the molecule is COCCCN1C(=O)C(=O)/C(=C(/O)c2ccc(OC)cc2C)[C@H]1c1cccc(Oc2ccccc2)c1. The third-order valence-corrected chi connectivity index (χ3v) is 6.13. The second kappa shape index (κ2) is 11.1. The van der Waals surface area contributed by atoms with Crippen LogP contribution in [0.2, 0.25) is 0 Å². The van der Waals surface area contributed by atoms with Gasteiger partial charge in [0.1, 0.15) is 23.0 Å². The first-order valence-electron chi connectivity index (χ1n) is 11.7. The predicted molar refractivity (Wildman–Crippen MR) is 136 cm³/mol. The quantitative estimate of drug-likeness (QED) is 0.192. The summed E-state index contributed by atoms with van der Waals surface area (Å²) in [5.41, 5.74) is 1.89. The summed E-state index contributed by atoms with van der Waals surface area (Å²) >= 11 is 0. The average Bonchev–Trinajstić information content (AvgIpc) is 3.14. The van der Waals surface area contributed by atoms with Crippen LogP contribution in [-0.2, 0) is 14.3 Å². The van der Waals surface area contributed by atoms with Crippen LogP contribution in [-0.4, -0.2) is 49.1 Å². The van der Waals surface area contributed by atoms with Crippen molar-refractivity contribution in [2.45, 2.75) is 19.4 Å².